The first-order valence-corrected chi connectivity index (χ1v) is 15.3. The van der Waals surface area contributed by atoms with Gasteiger partial charge in [0.25, 0.3) is 5.91 Å². The molecule has 0 aliphatic carbocycles. The van der Waals surface area contributed by atoms with E-state index in [-0.39, 0.29) is 5.91 Å². The van der Waals surface area contributed by atoms with Crippen LogP contribution in [0.4, 0.5) is 5.69 Å². The van der Waals surface area contributed by atoms with Crippen LogP contribution in [0.15, 0.2) is 59.6 Å². The van der Waals surface area contributed by atoms with Crippen LogP contribution < -0.4 is 19.4 Å². The molecule has 0 fully saturated rings. The highest BCUT2D eigenvalue weighted by Crippen LogP contribution is 2.32. The number of thiazole rings is 1. The first-order valence-electron chi connectivity index (χ1n) is 14.3. The number of unbranched alkanes of at least 4 members (excludes halogenated alkanes) is 11. The summed E-state index contributed by atoms with van der Waals surface area (Å²) in [5, 5.41) is 5.13. The Morgan fingerprint density at radius 1 is 0.868 bits per heavy atom. The second kappa shape index (κ2) is 17.6. The average Bonchev–Trinajstić information content (AvgIpc) is 3.45. The van der Waals surface area contributed by atoms with E-state index in [9.17, 15) is 4.79 Å². The molecule has 0 aliphatic rings. The largest absolute Gasteiger partial charge is 0.493 e. The van der Waals surface area contributed by atoms with E-state index in [1.807, 2.05) is 48.0 Å². The van der Waals surface area contributed by atoms with Crippen molar-refractivity contribution in [2.75, 3.05) is 19.0 Å². The maximum atomic E-state index is 13.3. The minimum absolute atomic E-state index is 0.198. The van der Waals surface area contributed by atoms with E-state index in [0.717, 1.165) is 24.1 Å². The van der Waals surface area contributed by atoms with Crippen molar-refractivity contribution < 1.29 is 18.8 Å². The van der Waals surface area contributed by atoms with Crippen molar-refractivity contribution in [3.05, 3.63) is 70.7 Å². The molecule has 206 valence electrons. The SMILES string of the molecule is CCCCCCCCCCCCCCOc1c(OC)cccc1C(=O)Nc1ccccc1C[n+]1ccsc1. The summed E-state index contributed by atoms with van der Waals surface area (Å²) in [5.41, 5.74) is 4.39. The molecule has 0 unspecified atom stereocenters. The average molecular weight is 538 g/mol. The molecule has 0 radical (unpaired) electrons. The molecule has 1 N–H and O–H groups in total. The van der Waals surface area contributed by atoms with E-state index >= 15 is 0 Å². The summed E-state index contributed by atoms with van der Waals surface area (Å²) < 4.78 is 13.8. The highest BCUT2D eigenvalue weighted by Gasteiger charge is 2.19. The number of benzene rings is 2. The van der Waals surface area contributed by atoms with E-state index in [1.54, 1.807) is 24.5 Å². The van der Waals surface area contributed by atoms with Crippen LogP contribution in [0, 0.1) is 0 Å². The Hall–Kier alpha value is -2.86. The molecule has 1 heterocycles. The number of anilines is 1. The molecule has 0 spiro atoms. The van der Waals surface area contributed by atoms with Gasteiger partial charge in [-0.05, 0) is 24.6 Å². The minimum atomic E-state index is -0.198. The molecular weight excluding hydrogens is 492 g/mol. The standard InChI is InChI=1S/C32H44N2O3S/c1-3-4-5-6-7-8-9-10-11-12-13-16-23-37-31-28(19-17-21-30(31)36-2)32(35)33-29-20-15-14-18-27(29)25-34-22-24-38-26-34/h14-15,17-22,24,26H,3-13,16,23,25H2,1-2H3/p+1. The number of ether oxygens (including phenoxy) is 2. The number of nitrogens with zero attached hydrogens (tertiary/aromatic N) is 1. The number of hydrogen-bond acceptors (Lipinski definition) is 4. The maximum Gasteiger partial charge on any atom is 0.259 e. The fraction of sp³-hybridized carbons (Fsp3) is 0.500. The highest BCUT2D eigenvalue weighted by atomic mass is 32.1. The normalized spacial score (nSPS) is 10.9. The van der Waals surface area contributed by atoms with Gasteiger partial charge in [0.15, 0.2) is 24.2 Å². The molecule has 1 amide bonds. The summed E-state index contributed by atoms with van der Waals surface area (Å²) in [5.74, 6) is 0.898. The zero-order chi connectivity index (χ0) is 26.8. The van der Waals surface area contributed by atoms with E-state index in [2.05, 4.69) is 22.3 Å². The van der Waals surface area contributed by atoms with E-state index in [0.29, 0.717) is 30.2 Å². The first kappa shape index (κ1) is 29.7. The van der Waals surface area contributed by atoms with Gasteiger partial charge in [0.05, 0.1) is 30.3 Å². The molecule has 6 heteroatoms. The number of aromatic nitrogens is 1. The smallest absolute Gasteiger partial charge is 0.259 e. The van der Waals surface area contributed by atoms with Gasteiger partial charge in [0.1, 0.15) is 0 Å². The number of para-hydroxylation sites is 2. The highest BCUT2D eigenvalue weighted by molar-refractivity contribution is 7.07. The third-order valence-corrected chi connectivity index (χ3v) is 7.50. The summed E-state index contributed by atoms with van der Waals surface area (Å²) >= 11 is 1.65. The second-order valence-corrected chi connectivity index (χ2v) is 10.6. The molecule has 3 rings (SSSR count). The van der Waals surface area contributed by atoms with Gasteiger partial charge in [-0.25, -0.2) is 0 Å². The molecule has 0 aliphatic heterocycles. The van der Waals surface area contributed by atoms with Crippen molar-refractivity contribution in [3.63, 3.8) is 0 Å². The molecule has 0 bridgehead atoms. The lowest BCUT2D eigenvalue weighted by atomic mass is 10.1. The van der Waals surface area contributed by atoms with Gasteiger partial charge in [-0.1, -0.05) is 113 Å². The number of amides is 1. The van der Waals surface area contributed by atoms with Crippen molar-refractivity contribution in [1.82, 2.24) is 0 Å². The van der Waals surface area contributed by atoms with Crippen LogP contribution in [0.5, 0.6) is 11.5 Å². The molecule has 0 saturated heterocycles. The number of carbonyl (C=O) groups is 1. The van der Waals surface area contributed by atoms with Gasteiger partial charge in [-0.2, -0.15) is 4.57 Å². The third-order valence-electron chi connectivity index (χ3n) is 6.83. The van der Waals surface area contributed by atoms with Crippen molar-refractivity contribution in [1.29, 1.82) is 0 Å². The van der Waals surface area contributed by atoms with Gasteiger partial charge in [-0.15, -0.1) is 0 Å². The van der Waals surface area contributed by atoms with Crippen molar-refractivity contribution in [2.45, 2.75) is 90.5 Å². The zero-order valence-electron chi connectivity index (χ0n) is 23.3. The number of nitrogens with one attached hydrogen (secondary N) is 1. The van der Waals surface area contributed by atoms with Gasteiger partial charge < -0.3 is 14.8 Å². The fourth-order valence-electron chi connectivity index (χ4n) is 4.64. The Bertz CT molecular complexity index is 1070. The maximum absolute atomic E-state index is 13.3. The summed E-state index contributed by atoms with van der Waals surface area (Å²) in [4.78, 5) is 13.3. The Morgan fingerprint density at radius 3 is 2.21 bits per heavy atom. The summed E-state index contributed by atoms with van der Waals surface area (Å²) in [7, 11) is 1.61. The Balaban J connectivity index is 1.46. The van der Waals surface area contributed by atoms with Crippen LogP contribution in [0.3, 0.4) is 0 Å². The molecule has 2 aromatic carbocycles. The number of rotatable bonds is 19. The van der Waals surface area contributed by atoms with Crippen LogP contribution in [-0.2, 0) is 6.54 Å². The predicted octanol–water partition coefficient (Wildman–Crippen LogP) is 8.42. The van der Waals surface area contributed by atoms with Crippen molar-refractivity contribution >= 4 is 22.9 Å². The lowest BCUT2D eigenvalue weighted by Crippen LogP contribution is -2.31. The molecule has 38 heavy (non-hydrogen) atoms. The van der Waals surface area contributed by atoms with E-state index in [4.69, 9.17) is 9.47 Å². The van der Waals surface area contributed by atoms with Crippen LogP contribution in [0.2, 0.25) is 0 Å². The zero-order valence-corrected chi connectivity index (χ0v) is 24.1. The molecular formula is C32H45N2O3S+. The summed E-state index contributed by atoms with van der Waals surface area (Å²) in [6, 6.07) is 13.4. The van der Waals surface area contributed by atoms with Crippen molar-refractivity contribution in [3.8, 4) is 11.5 Å². The molecule has 0 atom stereocenters. The Kier molecular flexibility index (Phi) is 13.8. The topological polar surface area (TPSA) is 51.4 Å². The van der Waals surface area contributed by atoms with Crippen molar-refractivity contribution in [2.24, 2.45) is 0 Å². The van der Waals surface area contributed by atoms with Gasteiger partial charge in [0.2, 0.25) is 5.51 Å². The fourth-order valence-corrected chi connectivity index (χ4v) is 5.24. The Morgan fingerprint density at radius 2 is 1.55 bits per heavy atom. The van der Waals surface area contributed by atoms with Gasteiger partial charge >= 0.3 is 0 Å². The number of methoxy groups -OCH3 is 1. The second-order valence-electron chi connectivity index (χ2n) is 9.88. The van der Waals surface area contributed by atoms with E-state index in [1.165, 1.54) is 64.2 Å². The van der Waals surface area contributed by atoms with Crippen LogP contribution >= 0.6 is 11.3 Å². The van der Waals surface area contributed by atoms with Crippen LogP contribution in [0.1, 0.15) is 99.9 Å². The van der Waals surface area contributed by atoms with E-state index < -0.39 is 0 Å². The Labute approximate surface area is 233 Å². The molecule has 3 aromatic rings. The molecule has 0 saturated carbocycles. The third kappa shape index (κ3) is 10.1. The molecule has 5 nitrogen and oxygen atoms in total. The van der Waals surface area contributed by atoms with Crippen LogP contribution in [-0.4, -0.2) is 19.6 Å². The minimum Gasteiger partial charge on any atom is -0.493 e. The number of carbonyl (C=O) groups excluding carboxylic acids is 1. The lowest BCUT2D eigenvalue weighted by Gasteiger charge is -2.16. The van der Waals surface area contributed by atoms with Crippen LogP contribution in [0.25, 0.3) is 0 Å². The first-order chi connectivity index (χ1) is 18.7. The summed E-state index contributed by atoms with van der Waals surface area (Å²) in [6.07, 6.45) is 17.6. The van der Waals surface area contributed by atoms with Gasteiger partial charge in [-0.3, -0.25) is 4.79 Å². The summed E-state index contributed by atoms with van der Waals surface area (Å²) in [6.45, 7) is 3.54. The number of hydrogen-bond donors (Lipinski definition) is 1. The quantitative estimate of drug-likeness (QED) is 0.123. The van der Waals surface area contributed by atoms with Gasteiger partial charge in [0, 0.05) is 5.56 Å². The predicted molar refractivity (Wildman–Crippen MR) is 158 cm³/mol. The molecule has 1 aromatic heterocycles. The monoisotopic (exact) mass is 537 g/mol. The lowest BCUT2D eigenvalue weighted by molar-refractivity contribution is -0.683.